The summed E-state index contributed by atoms with van der Waals surface area (Å²) in [5.41, 5.74) is 6.23. The van der Waals surface area contributed by atoms with Gasteiger partial charge in [0.2, 0.25) is 0 Å². The first kappa shape index (κ1) is 20.4. The van der Waals surface area contributed by atoms with Crippen LogP contribution in [0, 0.1) is 0 Å². The SMILES string of the molecule is COc1ccc(Cc2nc3ccc(C(=O)N/N=C\c4ccc(O)c(Cl)c4)cc3[nH]2)cc1. The van der Waals surface area contributed by atoms with Crippen molar-refractivity contribution < 1.29 is 14.6 Å². The summed E-state index contributed by atoms with van der Waals surface area (Å²) in [5, 5.41) is 13.6. The van der Waals surface area contributed by atoms with Gasteiger partial charge in [0.25, 0.3) is 5.91 Å². The van der Waals surface area contributed by atoms with Crippen LogP contribution in [0.1, 0.15) is 27.3 Å². The monoisotopic (exact) mass is 434 g/mol. The molecule has 31 heavy (non-hydrogen) atoms. The summed E-state index contributed by atoms with van der Waals surface area (Å²) in [6, 6.07) is 17.7. The third-order valence-electron chi connectivity index (χ3n) is 4.68. The van der Waals surface area contributed by atoms with Crippen molar-refractivity contribution in [1.29, 1.82) is 0 Å². The summed E-state index contributed by atoms with van der Waals surface area (Å²) in [6.07, 6.45) is 2.09. The number of aromatic amines is 1. The summed E-state index contributed by atoms with van der Waals surface area (Å²) >= 11 is 5.86. The van der Waals surface area contributed by atoms with Crippen molar-refractivity contribution in [3.05, 3.63) is 88.2 Å². The Bertz CT molecular complexity index is 1270. The molecule has 156 valence electrons. The number of hydrogen-bond acceptors (Lipinski definition) is 5. The second-order valence-electron chi connectivity index (χ2n) is 6.85. The molecule has 1 heterocycles. The van der Waals surface area contributed by atoms with Crippen molar-refractivity contribution >= 4 is 34.8 Å². The van der Waals surface area contributed by atoms with Gasteiger partial charge in [-0.15, -0.1) is 0 Å². The number of nitrogens with one attached hydrogen (secondary N) is 2. The minimum atomic E-state index is -0.352. The lowest BCUT2D eigenvalue weighted by Gasteiger charge is -2.01. The van der Waals surface area contributed by atoms with Gasteiger partial charge in [-0.1, -0.05) is 23.7 Å². The quantitative estimate of drug-likeness (QED) is 0.311. The Balaban J connectivity index is 1.44. The number of phenolic OH excluding ortho intramolecular Hbond substituents is 1. The molecule has 0 aliphatic carbocycles. The van der Waals surface area contributed by atoms with Gasteiger partial charge in [0, 0.05) is 12.0 Å². The lowest BCUT2D eigenvalue weighted by molar-refractivity contribution is 0.0955. The Kier molecular flexibility index (Phi) is 5.86. The lowest BCUT2D eigenvalue weighted by Crippen LogP contribution is -2.17. The third kappa shape index (κ3) is 4.84. The molecule has 4 aromatic rings. The highest BCUT2D eigenvalue weighted by Crippen LogP contribution is 2.23. The van der Waals surface area contributed by atoms with Gasteiger partial charge in [-0.05, 0) is 59.7 Å². The number of benzene rings is 3. The van der Waals surface area contributed by atoms with Crippen molar-refractivity contribution in [3.63, 3.8) is 0 Å². The Morgan fingerprint density at radius 3 is 2.74 bits per heavy atom. The van der Waals surface area contributed by atoms with Crippen molar-refractivity contribution in [2.45, 2.75) is 6.42 Å². The minimum absolute atomic E-state index is 0.0120. The Labute approximate surface area is 183 Å². The first-order valence-electron chi connectivity index (χ1n) is 9.45. The number of aromatic hydroxyl groups is 1. The van der Waals surface area contributed by atoms with Gasteiger partial charge in [0.1, 0.15) is 17.3 Å². The number of halogens is 1. The number of nitrogens with zero attached hydrogens (tertiary/aromatic N) is 2. The smallest absolute Gasteiger partial charge is 0.271 e. The van der Waals surface area contributed by atoms with E-state index in [9.17, 15) is 9.90 Å². The third-order valence-corrected chi connectivity index (χ3v) is 4.98. The fraction of sp³-hybridized carbons (Fsp3) is 0.0870. The predicted octanol–water partition coefficient (Wildman–Crippen LogP) is 4.29. The zero-order valence-electron chi connectivity index (χ0n) is 16.6. The van der Waals surface area contributed by atoms with Crippen LogP contribution in [0.15, 0.2) is 65.8 Å². The van der Waals surface area contributed by atoms with E-state index >= 15 is 0 Å². The number of hydrogen-bond donors (Lipinski definition) is 3. The number of carbonyl (C=O) groups excluding carboxylic acids is 1. The van der Waals surface area contributed by atoms with E-state index in [-0.39, 0.29) is 16.7 Å². The van der Waals surface area contributed by atoms with Gasteiger partial charge < -0.3 is 14.8 Å². The van der Waals surface area contributed by atoms with E-state index in [1.807, 2.05) is 24.3 Å². The van der Waals surface area contributed by atoms with E-state index < -0.39 is 0 Å². The van der Waals surface area contributed by atoms with Crippen LogP contribution in [-0.2, 0) is 6.42 Å². The van der Waals surface area contributed by atoms with E-state index in [0.29, 0.717) is 17.5 Å². The number of rotatable bonds is 6. The van der Waals surface area contributed by atoms with Crippen LogP contribution < -0.4 is 10.2 Å². The molecule has 1 aromatic heterocycles. The Hall–Kier alpha value is -3.84. The van der Waals surface area contributed by atoms with Crippen LogP contribution >= 0.6 is 11.6 Å². The van der Waals surface area contributed by atoms with Gasteiger partial charge in [-0.3, -0.25) is 4.79 Å². The van der Waals surface area contributed by atoms with Crippen LogP contribution in [0.2, 0.25) is 5.02 Å². The highest BCUT2D eigenvalue weighted by atomic mass is 35.5. The summed E-state index contributed by atoms with van der Waals surface area (Å²) in [4.78, 5) is 20.3. The van der Waals surface area contributed by atoms with E-state index in [1.54, 1.807) is 37.4 Å². The van der Waals surface area contributed by atoms with Gasteiger partial charge >= 0.3 is 0 Å². The van der Waals surface area contributed by atoms with E-state index in [0.717, 1.165) is 28.2 Å². The minimum Gasteiger partial charge on any atom is -0.506 e. The lowest BCUT2D eigenvalue weighted by atomic mass is 10.1. The summed E-state index contributed by atoms with van der Waals surface area (Å²) in [7, 11) is 1.64. The molecule has 0 saturated carbocycles. The molecular weight excluding hydrogens is 416 g/mol. The van der Waals surface area contributed by atoms with Crippen molar-refractivity contribution in [2.24, 2.45) is 5.10 Å². The van der Waals surface area contributed by atoms with Crippen molar-refractivity contribution in [2.75, 3.05) is 7.11 Å². The summed E-state index contributed by atoms with van der Waals surface area (Å²) in [5.74, 6) is 1.25. The second-order valence-corrected chi connectivity index (χ2v) is 7.26. The summed E-state index contributed by atoms with van der Waals surface area (Å²) in [6.45, 7) is 0. The van der Waals surface area contributed by atoms with Gasteiger partial charge in [0.05, 0.1) is 29.4 Å². The fourth-order valence-electron chi connectivity index (χ4n) is 3.06. The average Bonchev–Trinajstić information content (AvgIpc) is 3.18. The van der Waals surface area contributed by atoms with Gasteiger partial charge in [-0.25, -0.2) is 10.4 Å². The molecule has 4 rings (SSSR count). The molecule has 0 spiro atoms. The molecule has 0 saturated heterocycles. The largest absolute Gasteiger partial charge is 0.506 e. The maximum Gasteiger partial charge on any atom is 0.271 e. The topological polar surface area (TPSA) is 99.6 Å². The maximum absolute atomic E-state index is 12.4. The number of phenols is 1. The molecule has 0 aliphatic heterocycles. The van der Waals surface area contributed by atoms with Gasteiger partial charge in [-0.2, -0.15) is 5.10 Å². The van der Waals surface area contributed by atoms with Crippen molar-refractivity contribution in [3.8, 4) is 11.5 Å². The molecule has 0 bridgehead atoms. The molecule has 8 heteroatoms. The first-order chi connectivity index (χ1) is 15.0. The maximum atomic E-state index is 12.4. The van der Waals surface area contributed by atoms with E-state index in [2.05, 4.69) is 20.5 Å². The molecular formula is C23H19ClN4O3. The average molecular weight is 435 g/mol. The van der Waals surface area contributed by atoms with Crippen LogP contribution in [0.25, 0.3) is 11.0 Å². The number of hydrazone groups is 1. The van der Waals surface area contributed by atoms with Crippen LogP contribution in [-0.4, -0.2) is 34.3 Å². The van der Waals surface area contributed by atoms with Crippen LogP contribution in [0.5, 0.6) is 11.5 Å². The number of imidazole rings is 1. The molecule has 1 amide bonds. The number of fused-ring (bicyclic) bond motifs is 1. The summed E-state index contributed by atoms with van der Waals surface area (Å²) < 4.78 is 5.18. The molecule has 7 nitrogen and oxygen atoms in total. The zero-order valence-corrected chi connectivity index (χ0v) is 17.3. The van der Waals surface area contributed by atoms with Crippen LogP contribution in [0.3, 0.4) is 0 Å². The highest BCUT2D eigenvalue weighted by Gasteiger charge is 2.09. The number of amides is 1. The van der Waals surface area contributed by atoms with E-state index in [4.69, 9.17) is 16.3 Å². The first-order valence-corrected chi connectivity index (χ1v) is 9.83. The number of carbonyl (C=O) groups is 1. The number of methoxy groups -OCH3 is 1. The molecule has 0 radical (unpaired) electrons. The highest BCUT2D eigenvalue weighted by molar-refractivity contribution is 6.32. The number of ether oxygens (including phenoxy) is 1. The van der Waals surface area contributed by atoms with Gasteiger partial charge in [0.15, 0.2) is 0 Å². The van der Waals surface area contributed by atoms with E-state index in [1.165, 1.54) is 12.3 Å². The number of aromatic nitrogens is 2. The normalized spacial score (nSPS) is 11.2. The standard InChI is InChI=1S/C23H19ClN4O3/c1-31-17-6-2-14(3-7-17)11-22-26-19-8-5-16(12-20(19)27-22)23(30)28-25-13-15-4-9-21(29)18(24)10-15/h2-10,12-13,29H,11H2,1H3,(H,26,27)(H,28,30)/b25-13-. The molecule has 0 unspecified atom stereocenters. The molecule has 0 atom stereocenters. The van der Waals surface area contributed by atoms with Crippen molar-refractivity contribution in [1.82, 2.24) is 15.4 Å². The molecule has 0 aliphatic rings. The number of H-pyrrole nitrogens is 1. The second kappa shape index (κ2) is 8.89. The Morgan fingerprint density at radius 1 is 1.19 bits per heavy atom. The zero-order chi connectivity index (χ0) is 21.8. The molecule has 3 N–H and O–H groups in total. The predicted molar refractivity (Wildman–Crippen MR) is 120 cm³/mol. The van der Waals surface area contributed by atoms with Crippen LogP contribution in [0.4, 0.5) is 0 Å². The fourth-order valence-corrected chi connectivity index (χ4v) is 3.25. The molecule has 0 fully saturated rings. The molecule has 3 aromatic carbocycles. The Morgan fingerprint density at radius 2 is 2.00 bits per heavy atom.